The first-order valence-corrected chi connectivity index (χ1v) is 6.44. The molecule has 0 saturated heterocycles. The number of carbonyl (C=O) groups excluding carboxylic acids is 1. The summed E-state index contributed by atoms with van der Waals surface area (Å²) in [6.07, 6.45) is 6.60. The predicted octanol–water partition coefficient (Wildman–Crippen LogP) is 2.56. The van der Waals surface area contributed by atoms with E-state index < -0.39 is 0 Å². The van der Waals surface area contributed by atoms with Crippen molar-refractivity contribution in [1.29, 1.82) is 0 Å². The number of Topliss-reactive ketones (excluding diaryl/α,β-unsaturated/α-hetero) is 1. The molecule has 1 heterocycles. The molecule has 3 nitrogen and oxygen atoms in total. The second kappa shape index (κ2) is 4.86. The second-order valence-electron chi connectivity index (χ2n) is 4.80. The van der Waals surface area contributed by atoms with Crippen molar-refractivity contribution >= 4 is 16.6 Å². The molecule has 1 N–H and O–H groups in total. The zero-order valence-electron chi connectivity index (χ0n) is 10.2. The number of nitrogens with one attached hydrogen (secondary N) is 1. The van der Waals surface area contributed by atoms with Gasteiger partial charge in [-0.15, -0.1) is 0 Å². The minimum atomic E-state index is 0.196. The fraction of sp³-hybridized carbons (Fsp3) is 0.333. The van der Waals surface area contributed by atoms with Crippen molar-refractivity contribution in [2.75, 3.05) is 6.54 Å². The molecule has 0 aliphatic heterocycles. The number of ketones is 1. The topological polar surface area (TPSA) is 42.0 Å². The van der Waals surface area contributed by atoms with Crippen LogP contribution in [-0.4, -0.2) is 23.4 Å². The van der Waals surface area contributed by atoms with Gasteiger partial charge in [0.05, 0.1) is 0 Å². The lowest BCUT2D eigenvalue weighted by Gasteiger charge is -2.06. The third-order valence-electron chi connectivity index (χ3n) is 3.35. The van der Waals surface area contributed by atoms with Crippen LogP contribution in [0.5, 0.6) is 0 Å². The van der Waals surface area contributed by atoms with Crippen LogP contribution >= 0.6 is 0 Å². The van der Waals surface area contributed by atoms with Gasteiger partial charge < -0.3 is 5.32 Å². The van der Waals surface area contributed by atoms with E-state index in [0.717, 1.165) is 22.9 Å². The van der Waals surface area contributed by atoms with E-state index in [1.807, 2.05) is 24.3 Å². The van der Waals surface area contributed by atoms with Crippen LogP contribution in [0.2, 0.25) is 0 Å². The lowest BCUT2D eigenvalue weighted by molar-refractivity contribution is 0.0984. The average Bonchev–Trinajstić information content (AvgIpc) is 3.22. The smallest absolute Gasteiger partial charge is 0.164 e. The molecular weight excluding hydrogens is 224 g/mol. The number of hydrogen-bond donors (Lipinski definition) is 1. The van der Waals surface area contributed by atoms with Gasteiger partial charge in [0.25, 0.3) is 0 Å². The van der Waals surface area contributed by atoms with Gasteiger partial charge in [-0.2, -0.15) is 0 Å². The SMILES string of the molecule is O=C(CCNC1CC1)c1cccc2ccncc12. The second-order valence-corrected chi connectivity index (χ2v) is 4.80. The summed E-state index contributed by atoms with van der Waals surface area (Å²) in [5, 5.41) is 5.40. The highest BCUT2D eigenvalue weighted by molar-refractivity contribution is 6.07. The summed E-state index contributed by atoms with van der Waals surface area (Å²) in [7, 11) is 0. The fourth-order valence-electron chi connectivity index (χ4n) is 2.17. The highest BCUT2D eigenvalue weighted by Crippen LogP contribution is 2.20. The van der Waals surface area contributed by atoms with E-state index in [2.05, 4.69) is 10.3 Å². The molecule has 1 aliphatic carbocycles. The van der Waals surface area contributed by atoms with Gasteiger partial charge in [0, 0.05) is 42.4 Å². The molecule has 0 bridgehead atoms. The molecule has 2 aromatic rings. The molecule has 1 aromatic carbocycles. The van der Waals surface area contributed by atoms with E-state index in [1.165, 1.54) is 12.8 Å². The van der Waals surface area contributed by atoms with Gasteiger partial charge in [0.2, 0.25) is 0 Å². The average molecular weight is 240 g/mol. The molecule has 0 unspecified atom stereocenters. The molecule has 18 heavy (non-hydrogen) atoms. The normalized spacial score (nSPS) is 14.9. The highest BCUT2D eigenvalue weighted by Gasteiger charge is 2.20. The number of fused-ring (bicyclic) bond motifs is 1. The Bertz CT molecular complexity index is 570. The number of benzene rings is 1. The van der Waals surface area contributed by atoms with Gasteiger partial charge in [-0.3, -0.25) is 9.78 Å². The maximum atomic E-state index is 12.2. The van der Waals surface area contributed by atoms with Gasteiger partial charge in [-0.1, -0.05) is 18.2 Å². The van der Waals surface area contributed by atoms with Crippen molar-refractivity contribution in [3.63, 3.8) is 0 Å². The molecular formula is C15H16N2O. The summed E-state index contributed by atoms with van der Waals surface area (Å²) in [6.45, 7) is 0.778. The zero-order valence-corrected chi connectivity index (χ0v) is 10.2. The Hall–Kier alpha value is -1.74. The Morgan fingerprint density at radius 2 is 2.22 bits per heavy atom. The van der Waals surface area contributed by atoms with Crippen molar-refractivity contribution < 1.29 is 4.79 Å². The summed E-state index contributed by atoms with van der Waals surface area (Å²) < 4.78 is 0. The van der Waals surface area contributed by atoms with Gasteiger partial charge in [0.1, 0.15) is 0 Å². The van der Waals surface area contributed by atoms with E-state index >= 15 is 0 Å². The Kier molecular flexibility index (Phi) is 3.07. The van der Waals surface area contributed by atoms with E-state index in [-0.39, 0.29) is 5.78 Å². The third kappa shape index (κ3) is 2.41. The summed E-state index contributed by atoms with van der Waals surface area (Å²) in [5.74, 6) is 0.196. The summed E-state index contributed by atoms with van der Waals surface area (Å²) in [4.78, 5) is 16.3. The van der Waals surface area contributed by atoms with Crippen molar-refractivity contribution in [3.8, 4) is 0 Å². The van der Waals surface area contributed by atoms with Crippen LogP contribution in [0.15, 0.2) is 36.7 Å². The van der Waals surface area contributed by atoms with Gasteiger partial charge >= 0.3 is 0 Å². The van der Waals surface area contributed by atoms with Gasteiger partial charge in [0.15, 0.2) is 5.78 Å². The summed E-state index contributed by atoms with van der Waals surface area (Å²) >= 11 is 0. The Morgan fingerprint density at radius 1 is 1.33 bits per heavy atom. The predicted molar refractivity (Wildman–Crippen MR) is 71.7 cm³/mol. The first-order valence-electron chi connectivity index (χ1n) is 6.44. The molecule has 92 valence electrons. The first-order chi connectivity index (χ1) is 8.84. The fourth-order valence-corrected chi connectivity index (χ4v) is 2.17. The van der Waals surface area contributed by atoms with Crippen LogP contribution in [0, 0.1) is 0 Å². The first kappa shape index (κ1) is 11.4. The third-order valence-corrected chi connectivity index (χ3v) is 3.35. The van der Waals surface area contributed by atoms with E-state index in [9.17, 15) is 4.79 Å². The van der Waals surface area contributed by atoms with Crippen LogP contribution in [0.1, 0.15) is 29.6 Å². The van der Waals surface area contributed by atoms with E-state index in [0.29, 0.717) is 12.5 Å². The Labute approximate surface area is 106 Å². The van der Waals surface area contributed by atoms with Crippen LogP contribution in [0.25, 0.3) is 10.8 Å². The Morgan fingerprint density at radius 3 is 3.06 bits per heavy atom. The Balaban J connectivity index is 1.77. The van der Waals surface area contributed by atoms with Gasteiger partial charge in [-0.05, 0) is 24.3 Å². The molecule has 1 aromatic heterocycles. The molecule has 0 amide bonds. The number of nitrogens with zero attached hydrogens (tertiary/aromatic N) is 1. The number of carbonyl (C=O) groups is 1. The summed E-state index contributed by atoms with van der Waals surface area (Å²) in [6, 6.07) is 8.44. The maximum absolute atomic E-state index is 12.2. The standard InChI is InChI=1S/C15H16N2O/c18-15(7-9-17-12-4-5-12)13-3-1-2-11-6-8-16-10-14(11)13/h1-3,6,8,10,12,17H,4-5,7,9H2. The lowest BCUT2D eigenvalue weighted by atomic mass is 10.0. The molecule has 0 atom stereocenters. The molecule has 3 heteroatoms. The van der Waals surface area contributed by atoms with Crippen LogP contribution in [0.3, 0.4) is 0 Å². The quantitative estimate of drug-likeness (QED) is 0.817. The minimum absolute atomic E-state index is 0.196. The number of aromatic nitrogens is 1. The number of pyridine rings is 1. The number of hydrogen-bond acceptors (Lipinski definition) is 3. The van der Waals surface area contributed by atoms with Crippen molar-refractivity contribution in [1.82, 2.24) is 10.3 Å². The molecule has 1 aliphatic rings. The van der Waals surface area contributed by atoms with Crippen molar-refractivity contribution in [2.45, 2.75) is 25.3 Å². The van der Waals surface area contributed by atoms with Crippen LogP contribution < -0.4 is 5.32 Å². The van der Waals surface area contributed by atoms with Crippen LogP contribution in [0.4, 0.5) is 0 Å². The van der Waals surface area contributed by atoms with E-state index in [1.54, 1.807) is 12.4 Å². The molecule has 0 radical (unpaired) electrons. The highest BCUT2D eigenvalue weighted by atomic mass is 16.1. The van der Waals surface area contributed by atoms with E-state index in [4.69, 9.17) is 0 Å². The zero-order chi connectivity index (χ0) is 12.4. The minimum Gasteiger partial charge on any atom is -0.314 e. The lowest BCUT2D eigenvalue weighted by Crippen LogP contribution is -2.20. The number of rotatable bonds is 5. The molecule has 1 saturated carbocycles. The maximum Gasteiger partial charge on any atom is 0.164 e. The molecule has 0 spiro atoms. The molecule has 3 rings (SSSR count). The van der Waals surface area contributed by atoms with Crippen molar-refractivity contribution in [3.05, 3.63) is 42.2 Å². The largest absolute Gasteiger partial charge is 0.314 e. The van der Waals surface area contributed by atoms with Crippen molar-refractivity contribution in [2.24, 2.45) is 0 Å². The van der Waals surface area contributed by atoms with Gasteiger partial charge in [-0.25, -0.2) is 0 Å². The monoisotopic (exact) mass is 240 g/mol. The van der Waals surface area contributed by atoms with Crippen LogP contribution in [-0.2, 0) is 0 Å². The molecule has 1 fully saturated rings. The summed E-state index contributed by atoms with van der Waals surface area (Å²) in [5.41, 5.74) is 0.790.